The van der Waals surface area contributed by atoms with Crippen LogP contribution in [0.3, 0.4) is 0 Å². The van der Waals surface area contributed by atoms with Crippen molar-refractivity contribution in [3.05, 3.63) is 0 Å². The lowest BCUT2D eigenvalue weighted by atomic mass is 10.1. The zero-order chi connectivity index (χ0) is 11.0. The Morgan fingerprint density at radius 1 is 1.43 bits per heavy atom. The Hall–Kier alpha value is -0.620. The third kappa shape index (κ3) is 2.45. The Morgan fingerprint density at radius 3 is 2.29 bits per heavy atom. The van der Waals surface area contributed by atoms with Gasteiger partial charge in [0, 0.05) is 0 Å². The third-order valence-electron chi connectivity index (χ3n) is 2.06. The molecule has 1 fully saturated rings. The van der Waals surface area contributed by atoms with Crippen LogP contribution in [-0.4, -0.2) is 32.3 Å². The predicted molar refractivity (Wildman–Crippen MR) is 51.2 cm³/mol. The molecule has 0 spiro atoms. The van der Waals surface area contributed by atoms with E-state index in [2.05, 4.69) is 9.46 Å². The lowest BCUT2D eigenvalue weighted by molar-refractivity contribution is -0.146. The number of methoxy groups -OCH3 is 1. The van der Waals surface area contributed by atoms with Crippen molar-refractivity contribution in [3.63, 3.8) is 0 Å². The van der Waals surface area contributed by atoms with Crippen LogP contribution in [-0.2, 0) is 19.6 Å². The van der Waals surface area contributed by atoms with Gasteiger partial charge < -0.3 is 4.74 Å². The Morgan fingerprint density at radius 2 is 1.93 bits per heavy atom. The van der Waals surface area contributed by atoms with E-state index < -0.39 is 21.5 Å². The molecule has 0 aromatic heterocycles. The summed E-state index contributed by atoms with van der Waals surface area (Å²) in [7, 11) is -2.12. The summed E-state index contributed by atoms with van der Waals surface area (Å²) in [4.78, 5) is 11.2. The van der Waals surface area contributed by atoms with Crippen LogP contribution < -0.4 is 4.72 Å². The van der Waals surface area contributed by atoms with Gasteiger partial charge in [-0.15, -0.1) is 0 Å². The van der Waals surface area contributed by atoms with Crippen LogP contribution in [0, 0.1) is 0 Å². The number of nitrogens with one attached hydrogen (secondary N) is 1. The molecule has 0 bridgehead atoms. The highest BCUT2D eigenvalue weighted by atomic mass is 32.2. The first-order valence-corrected chi connectivity index (χ1v) is 5.95. The zero-order valence-electron chi connectivity index (χ0n) is 8.53. The lowest BCUT2D eigenvalue weighted by Gasteiger charge is -2.22. The monoisotopic (exact) mass is 221 g/mol. The van der Waals surface area contributed by atoms with Crippen molar-refractivity contribution in [2.45, 2.75) is 37.5 Å². The van der Waals surface area contributed by atoms with E-state index in [1.165, 1.54) is 21.0 Å². The molecule has 0 aromatic carbocycles. The minimum Gasteiger partial charge on any atom is -0.468 e. The Kier molecular flexibility index (Phi) is 2.87. The van der Waals surface area contributed by atoms with E-state index in [9.17, 15) is 13.2 Å². The van der Waals surface area contributed by atoms with Gasteiger partial charge in [-0.1, -0.05) is 0 Å². The van der Waals surface area contributed by atoms with Gasteiger partial charge in [0.1, 0.15) is 5.54 Å². The number of hydrogen-bond donors (Lipinski definition) is 1. The highest BCUT2D eigenvalue weighted by molar-refractivity contribution is 7.90. The van der Waals surface area contributed by atoms with Crippen molar-refractivity contribution in [3.8, 4) is 0 Å². The Balaban J connectivity index is 2.71. The van der Waals surface area contributed by atoms with Crippen molar-refractivity contribution < 1.29 is 17.9 Å². The maximum atomic E-state index is 11.5. The first-order valence-electron chi connectivity index (χ1n) is 4.41. The summed E-state index contributed by atoms with van der Waals surface area (Å²) >= 11 is 0. The second kappa shape index (κ2) is 3.51. The summed E-state index contributed by atoms with van der Waals surface area (Å²) in [5.74, 6) is -0.582. The minimum atomic E-state index is -3.35. The van der Waals surface area contributed by atoms with E-state index in [-0.39, 0.29) is 5.25 Å². The largest absolute Gasteiger partial charge is 0.468 e. The topological polar surface area (TPSA) is 72.5 Å². The number of esters is 1. The second-order valence-electron chi connectivity index (χ2n) is 3.96. The third-order valence-corrected chi connectivity index (χ3v) is 4.20. The number of hydrogen-bond acceptors (Lipinski definition) is 4. The minimum absolute atomic E-state index is 0.327. The van der Waals surface area contributed by atoms with Gasteiger partial charge in [0.05, 0.1) is 12.4 Å². The maximum absolute atomic E-state index is 11.5. The molecular weight excluding hydrogens is 206 g/mol. The second-order valence-corrected chi connectivity index (χ2v) is 5.92. The average Bonchev–Trinajstić information content (AvgIpc) is 2.82. The molecule has 0 aliphatic heterocycles. The molecule has 0 heterocycles. The van der Waals surface area contributed by atoms with Gasteiger partial charge in [0.15, 0.2) is 0 Å². The Labute approximate surface area is 83.9 Å². The highest BCUT2D eigenvalue weighted by Gasteiger charge is 2.41. The molecule has 0 saturated heterocycles. The van der Waals surface area contributed by atoms with Gasteiger partial charge in [-0.25, -0.2) is 8.42 Å². The van der Waals surface area contributed by atoms with Crippen LogP contribution in [0.4, 0.5) is 0 Å². The molecule has 0 atom stereocenters. The maximum Gasteiger partial charge on any atom is 0.326 e. The molecule has 6 heteroatoms. The molecule has 1 N–H and O–H groups in total. The van der Waals surface area contributed by atoms with Crippen LogP contribution in [0.15, 0.2) is 0 Å². The van der Waals surface area contributed by atoms with Gasteiger partial charge in [-0.3, -0.25) is 4.79 Å². The fourth-order valence-corrected chi connectivity index (χ4v) is 2.83. The first kappa shape index (κ1) is 11.5. The fourth-order valence-electron chi connectivity index (χ4n) is 1.11. The van der Waals surface area contributed by atoms with Crippen molar-refractivity contribution in [2.75, 3.05) is 7.11 Å². The van der Waals surface area contributed by atoms with Crippen LogP contribution >= 0.6 is 0 Å². The molecule has 5 nitrogen and oxygen atoms in total. The lowest BCUT2D eigenvalue weighted by Crippen LogP contribution is -2.51. The summed E-state index contributed by atoms with van der Waals surface area (Å²) in [5.41, 5.74) is -1.18. The van der Waals surface area contributed by atoms with Crippen LogP contribution in [0.1, 0.15) is 26.7 Å². The zero-order valence-corrected chi connectivity index (χ0v) is 9.35. The highest BCUT2D eigenvalue weighted by Crippen LogP contribution is 2.28. The fraction of sp³-hybridized carbons (Fsp3) is 0.875. The Bertz CT molecular complexity index is 329. The summed E-state index contributed by atoms with van der Waals surface area (Å²) in [6.45, 7) is 2.97. The first-order chi connectivity index (χ1) is 6.29. The molecule has 0 aromatic rings. The van der Waals surface area contributed by atoms with E-state index >= 15 is 0 Å². The van der Waals surface area contributed by atoms with Gasteiger partial charge in [-0.2, -0.15) is 4.72 Å². The van der Waals surface area contributed by atoms with Crippen molar-refractivity contribution in [1.82, 2.24) is 4.72 Å². The SMILES string of the molecule is COC(=O)C(C)(C)NS(=O)(=O)C1CC1. The normalized spacial score (nSPS) is 17.9. The molecule has 1 rings (SSSR count). The predicted octanol–water partition coefficient (Wildman–Crippen LogP) is 0.0198. The van der Waals surface area contributed by atoms with Gasteiger partial charge in [0.2, 0.25) is 10.0 Å². The molecule has 82 valence electrons. The van der Waals surface area contributed by atoms with E-state index in [4.69, 9.17) is 0 Å². The molecule has 0 amide bonds. The molecule has 0 unspecified atom stereocenters. The molecule has 14 heavy (non-hydrogen) atoms. The van der Waals surface area contributed by atoms with Gasteiger partial charge in [0.25, 0.3) is 0 Å². The van der Waals surface area contributed by atoms with Crippen molar-refractivity contribution in [1.29, 1.82) is 0 Å². The van der Waals surface area contributed by atoms with E-state index in [0.29, 0.717) is 12.8 Å². The van der Waals surface area contributed by atoms with Crippen LogP contribution in [0.5, 0.6) is 0 Å². The summed E-state index contributed by atoms with van der Waals surface area (Å²) < 4.78 is 29.9. The molecular formula is C8H15NO4S. The summed E-state index contributed by atoms with van der Waals surface area (Å²) in [6, 6.07) is 0. The van der Waals surface area contributed by atoms with Crippen molar-refractivity contribution in [2.24, 2.45) is 0 Å². The average molecular weight is 221 g/mol. The van der Waals surface area contributed by atoms with Crippen LogP contribution in [0.2, 0.25) is 0 Å². The van der Waals surface area contributed by atoms with E-state index in [0.717, 1.165) is 0 Å². The number of ether oxygens (including phenoxy) is 1. The summed E-state index contributed by atoms with van der Waals surface area (Å²) in [5, 5.41) is -0.327. The number of rotatable bonds is 4. The molecule has 1 aliphatic carbocycles. The number of carbonyl (C=O) groups is 1. The van der Waals surface area contributed by atoms with Gasteiger partial charge in [-0.05, 0) is 26.7 Å². The van der Waals surface area contributed by atoms with E-state index in [1.54, 1.807) is 0 Å². The van der Waals surface area contributed by atoms with Crippen LogP contribution in [0.25, 0.3) is 0 Å². The smallest absolute Gasteiger partial charge is 0.326 e. The summed E-state index contributed by atoms with van der Waals surface area (Å²) in [6.07, 6.45) is 1.35. The quantitative estimate of drug-likeness (QED) is 0.679. The van der Waals surface area contributed by atoms with Crippen molar-refractivity contribution >= 4 is 16.0 Å². The molecule has 1 aliphatic rings. The van der Waals surface area contributed by atoms with E-state index in [1.807, 2.05) is 0 Å². The number of sulfonamides is 1. The number of carbonyl (C=O) groups excluding carboxylic acids is 1. The van der Waals surface area contributed by atoms with Gasteiger partial charge >= 0.3 is 5.97 Å². The standard InChI is InChI=1S/C8H15NO4S/c1-8(2,7(10)13-3)9-14(11,12)6-4-5-6/h6,9H,4-5H2,1-3H3. The molecule has 0 radical (unpaired) electrons. The molecule has 1 saturated carbocycles.